The third-order valence-electron chi connectivity index (χ3n) is 5.77. The van der Waals surface area contributed by atoms with E-state index in [2.05, 4.69) is 85.0 Å². The first-order valence-electron chi connectivity index (χ1n) is 8.34. The maximum atomic E-state index is 6.19. The zero-order valence-electron chi connectivity index (χ0n) is 13.8. The number of hydrogen-bond donors (Lipinski definition) is 1. The Kier molecular flexibility index (Phi) is 2.59. The van der Waals surface area contributed by atoms with Gasteiger partial charge in [0.05, 0.1) is 0 Å². The Labute approximate surface area is 142 Å². The summed E-state index contributed by atoms with van der Waals surface area (Å²) in [5.41, 5.74) is 6.59. The van der Waals surface area contributed by atoms with Gasteiger partial charge in [-0.25, -0.2) is 0 Å². The van der Waals surface area contributed by atoms with Crippen molar-refractivity contribution in [2.45, 2.75) is 18.1 Å². The summed E-state index contributed by atoms with van der Waals surface area (Å²) in [5, 5.41) is 3.73. The number of ether oxygens (including phenoxy) is 1. The van der Waals surface area contributed by atoms with Gasteiger partial charge in [-0.05, 0) is 29.7 Å². The molecule has 3 aromatic carbocycles. The van der Waals surface area contributed by atoms with Gasteiger partial charge < -0.3 is 10.1 Å². The fourth-order valence-corrected chi connectivity index (χ4v) is 4.66. The van der Waals surface area contributed by atoms with E-state index in [9.17, 15) is 0 Å². The van der Waals surface area contributed by atoms with Crippen molar-refractivity contribution >= 4 is 5.69 Å². The molecule has 3 aromatic rings. The minimum Gasteiger partial charge on any atom is -0.351 e. The number of benzene rings is 3. The number of rotatable bonds is 1. The molecule has 2 aliphatic heterocycles. The van der Waals surface area contributed by atoms with Crippen LogP contribution in [0, 0.1) is 0 Å². The molecule has 3 aliphatic rings. The van der Waals surface area contributed by atoms with Gasteiger partial charge in [-0.3, -0.25) is 0 Å². The first kappa shape index (κ1) is 13.8. The molecule has 0 saturated heterocycles. The summed E-state index contributed by atoms with van der Waals surface area (Å²) in [7, 11) is 1.79. The summed E-state index contributed by atoms with van der Waals surface area (Å²) < 4.78 is 6.19. The van der Waals surface area contributed by atoms with Crippen molar-refractivity contribution in [2.24, 2.45) is 0 Å². The maximum absolute atomic E-state index is 6.19. The molecule has 0 aromatic heterocycles. The highest BCUT2D eigenvalue weighted by molar-refractivity contribution is 5.74. The molecule has 0 unspecified atom stereocenters. The first-order chi connectivity index (χ1) is 11.7. The smallest absolute Gasteiger partial charge is 0.191 e. The van der Waals surface area contributed by atoms with Gasteiger partial charge in [-0.2, -0.15) is 0 Å². The monoisotopic (exact) mass is 313 g/mol. The molecule has 0 fully saturated rings. The Morgan fingerprint density at radius 2 is 1.12 bits per heavy atom. The zero-order chi connectivity index (χ0) is 16.4. The van der Waals surface area contributed by atoms with E-state index in [1.165, 1.54) is 27.8 Å². The molecule has 0 amide bonds. The molecule has 1 N–H and O–H groups in total. The third-order valence-corrected chi connectivity index (χ3v) is 5.77. The van der Waals surface area contributed by atoms with Crippen LogP contribution in [0.3, 0.4) is 0 Å². The average molecular weight is 313 g/mol. The molecular weight excluding hydrogens is 294 g/mol. The molecular formula is C22H19NO. The van der Waals surface area contributed by atoms with Gasteiger partial charge in [0, 0.05) is 29.3 Å². The third kappa shape index (κ3) is 1.41. The number of para-hydroxylation sites is 1. The van der Waals surface area contributed by atoms with Crippen LogP contribution in [-0.4, -0.2) is 7.11 Å². The Morgan fingerprint density at radius 3 is 1.67 bits per heavy atom. The Balaban J connectivity index is 2.03. The summed E-state index contributed by atoms with van der Waals surface area (Å²) in [4.78, 5) is 0. The minimum atomic E-state index is -0.653. The lowest BCUT2D eigenvalue weighted by Gasteiger charge is -2.44. The van der Waals surface area contributed by atoms with E-state index in [1.54, 1.807) is 7.11 Å². The lowest BCUT2D eigenvalue weighted by molar-refractivity contribution is 0.0438. The Hall–Kier alpha value is -2.58. The summed E-state index contributed by atoms with van der Waals surface area (Å²) >= 11 is 0. The highest BCUT2D eigenvalue weighted by Gasteiger charge is 2.53. The maximum Gasteiger partial charge on any atom is 0.191 e. The summed E-state index contributed by atoms with van der Waals surface area (Å²) in [6.45, 7) is 2.33. The van der Waals surface area contributed by atoms with Gasteiger partial charge in [0.25, 0.3) is 0 Å². The second-order valence-corrected chi connectivity index (χ2v) is 6.77. The van der Waals surface area contributed by atoms with Gasteiger partial charge in [-0.15, -0.1) is 0 Å². The second-order valence-electron chi connectivity index (χ2n) is 6.77. The molecule has 2 heteroatoms. The van der Waals surface area contributed by atoms with Gasteiger partial charge in [0.2, 0.25) is 0 Å². The van der Waals surface area contributed by atoms with Gasteiger partial charge in [-0.1, -0.05) is 66.7 Å². The predicted octanol–water partition coefficient (Wildman–Crippen LogP) is 4.63. The van der Waals surface area contributed by atoms with E-state index in [1.807, 2.05) is 0 Å². The molecule has 2 heterocycles. The van der Waals surface area contributed by atoms with Crippen LogP contribution in [0.1, 0.15) is 34.7 Å². The van der Waals surface area contributed by atoms with E-state index in [0.29, 0.717) is 0 Å². The molecule has 2 bridgehead atoms. The van der Waals surface area contributed by atoms with Crippen LogP contribution < -0.4 is 5.32 Å². The van der Waals surface area contributed by atoms with Crippen molar-refractivity contribution in [3.63, 3.8) is 0 Å². The summed E-state index contributed by atoms with van der Waals surface area (Å²) in [6.07, 6.45) is 0. The molecule has 24 heavy (non-hydrogen) atoms. The normalized spacial score (nSPS) is 25.9. The minimum absolute atomic E-state index is 0.199. The summed E-state index contributed by atoms with van der Waals surface area (Å²) in [6, 6.07) is 25.9. The molecule has 118 valence electrons. The van der Waals surface area contributed by atoms with Crippen LogP contribution in [0.2, 0.25) is 0 Å². The van der Waals surface area contributed by atoms with Crippen LogP contribution >= 0.6 is 0 Å². The van der Waals surface area contributed by atoms with Crippen molar-refractivity contribution in [1.29, 1.82) is 0 Å². The van der Waals surface area contributed by atoms with Gasteiger partial charge >= 0.3 is 0 Å². The molecule has 0 saturated carbocycles. The van der Waals surface area contributed by atoms with Crippen molar-refractivity contribution in [3.05, 3.63) is 101 Å². The van der Waals surface area contributed by atoms with Crippen LogP contribution in [0.4, 0.5) is 5.69 Å². The quantitative estimate of drug-likeness (QED) is 0.707. The largest absolute Gasteiger partial charge is 0.351 e. The number of nitrogens with one attached hydrogen (secondary N) is 1. The van der Waals surface area contributed by atoms with Gasteiger partial charge in [0.1, 0.15) is 0 Å². The van der Waals surface area contributed by atoms with Crippen molar-refractivity contribution < 1.29 is 4.74 Å². The fraction of sp³-hybridized carbons (Fsp3) is 0.182. The van der Waals surface area contributed by atoms with Crippen molar-refractivity contribution in [2.75, 3.05) is 12.4 Å². The predicted molar refractivity (Wildman–Crippen MR) is 96.3 cm³/mol. The standard InChI is InChI=1S/C22H19NO/c1-21-15-9-3-5-11-17(15)22(24-2,18-12-6-4-10-16(18)21)23-20-14-8-7-13-19(20)21/h3-14,23H,1-2H3. The Bertz CT molecular complexity index is 912. The first-order valence-corrected chi connectivity index (χ1v) is 8.34. The Morgan fingerprint density at radius 1 is 0.667 bits per heavy atom. The molecule has 0 radical (unpaired) electrons. The number of methoxy groups -OCH3 is 1. The molecule has 1 aliphatic carbocycles. The average Bonchev–Trinajstić information content (AvgIpc) is 2.81. The molecule has 2 nitrogen and oxygen atoms in total. The van der Waals surface area contributed by atoms with Crippen LogP contribution in [0.15, 0.2) is 72.8 Å². The SMILES string of the molecule is COC12Nc3ccccc3C(C)(c3ccccc31)c1ccccc12. The number of hydrogen-bond acceptors (Lipinski definition) is 2. The van der Waals surface area contributed by atoms with Crippen LogP contribution in [0.25, 0.3) is 0 Å². The van der Waals surface area contributed by atoms with E-state index < -0.39 is 5.72 Å². The van der Waals surface area contributed by atoms with Crippen LogP contribution in [0.5, 0.6) is 0 Å². The molecule has 0 spiro atoms. The molecule has 6 rings (SSSR count). The number of anilines is 1. The van der Waals surface area contributed by atoms with Crippen molar-refractivity contribution in [3.8, 4) is 0 Å². The topological polar surface area (TPSA) is 21.3 Å². The highest BCUT2D eigenvalue weighted by atomic mass is 16.5. The van der Waals surface area contributed by atoms with E-state index in [4.69, 9.17) is 4.74 Å². The van der Waals surface area contributed by atoms with Crippen LogP contribution in [-0.2, 0) is 15.9 Å². The van der Waals surface area contributed by atoms with E-state index in [-0.39, 0.29) is 5.41 Å². The summed E-state index contributed by atoms with van der Waals surface area (Å²) in [5.74, 6) is 0. The van der Waals surface area contributed by atoms with Gasteiger partial charge in [0.15, 0.2) is 5.72 Å². The van der Waals surface area contributed by atoms with E-state index >= 15 is 0 Å². The lowest BCUT2D eigenvalue weighted by atomic mass is 9.63. The fourth-order valence-electron chi connectivity index (χ4n) is 4.66. The van der Waals surface area contributed by atoms with Crippen molar-refractivity contribution in [1.82, 2.24) is 0 Å². The lowest BCUT2D eigenvalue weighted by Crippen LogP contribution is -2.44. The highest BCUT2D eigenvalue weighted by Crippen LogP contribution is 2.57. The second kappa shape index (κ2) is 4.49. The van der Waals surface area contributed by atoms with E-state index in [0.717, 1.165) is 5.69 Å². The molecule has 0 atom stereocenters. The zero-order valence-corrected chi connectivity index (χ0v) is 13.8.